The summed E-state index contributed by atoms with van der Waals surface area (Å²) in [6.07, 6.45) is 2.01. The quantitative estimate of drug-likeness (QED) is 0.546. The monoisotopic (exact) mass is 410 g/mol. The van der Waals surface area contributed by atoms with Crippen molar-refractivity contribution in [2.45, 2.75) is 58.6 Å². The summed E-state index contributed by atoms with van der Waals surface area (Å²) in [5, 5.41) is 0. The molecule has 1 heterocycles. The van der Waals surface area contributed by atoms with Crippen LogP contribution in [-0.4, -0.2) is 23.3 Å². The first-order valence-corrected chi connectivity index (χ1v) is 11.4. The van der Waals surface area contributed by atoms with E-state index in [2.05, 4.69) is 16.7 Å². The molecule has 3 rings (SSSR count). The zero-order chi connectivity index (χ0) is 21.2. The van der Waals surface area contributed by atoms with Crippen molar-refractivity contribution < 1.29 is 8.42 Å². The minimum atomic E-state index is -3.62. The van der Waals surface area contributed by atoms with Crippen molar-refractivity contribution in [2.75, 3.05) is 0 Å². The largest absolute Gasteiger partial charge is 0.346 e. The first-order chi connectivity index (χ1) is 13.7. The lowest BCUT2D eigenvalue weighted by atomic mass is 10.1. The highest BCUT2D eigenvalue weighted by molar-refractivity contribution is 7.89. The highest BCUT2D eigenvalue weighted by atomic mass is 32.2. The van der Waals surface area contributed by atoms with Crippen LogP contribution in [0.2, 0.25) is 0 Å². The van der Waals surface area contributed by atoms with Crippen molar-refractivity contribution in [1.82, 2.24) is 8.87 Å². The molecule has 0 unspecified atom stereocenters. The predicted molar refractivity (Wildman–Crippen MR) is 118 cm³/mol. The smallest absolute Gasteiger partial charge is 0.244 e. The Labute approximate surface area is 174 Å². The Balaban J connectivity index is 1.96. The van der Waals surface area contributed by atoms with Gasteiger partial charge in [-0.15, -0.1) is 0 Å². The Bertz CT molecular complexity index is 1060. The van der Waals surface area contributed by atoms with Crippen LogP contribution in [0.1, 0.15) is 41.8 Å². The maximum Gasteiger partial charge on any atom is 0.244 e. The van der Waals surface area contributed by atoms with Crippen molar-refractivity contribution in [3.8, 4) is 0 Å². The summed E-state index contributed by atoms with van der Waals surface area (Å²) >= 11 is 0. The van der Waals surface area contributed by atoms with Gasteiger partial charge in [0, 0.05) is 24.5 Å². The summed E-state index contributed by atoms with van der Waals surface area (Å²) in [5.41, 5.74) is 4.84. The molecule has 0 saturated carbocycles. The molecule has 1 aromatic heterocycles. The van der Waals surface area contributed by atoms with Gasteiger partial charge in [0.1, 0.15) is 0 Å². The lowest BCUT2D eigenvalue weighted by Crippen LogP contribution is -2.37. The minimum Gasteiger partial charge on any atom is -0.346 e. The van der Waals surface area contributed by atoms with E-state index in [0.29, 0.717) is 11.4 Å². The fourth-order valence-electron chi connectivity index (χ4n) is 3.92. The molecule has 5 heteroatoms. The lowest BCUT2D eigenvalue weighted by molar-refractivity contribution is 0.340. The Morgan fingerprint density at radius 1 is 0.931 bits per heavy atom. The zero-order valence-electron chi connectivity index (χ0n) is 17.9. The van der Waals surface area contributed by atoms with E-state index < -0.39 is 10.0 Å². The van der Waals surface area contributed by atoms with Crippen LogP contribution in [0.5, 0.6) is 0 Å². The minimum absolute atomic E-state index is 0.153. The van der Waals surface area contributed by atoms with Gasteiger partial charge >= 0.3 is 0 Å². The van der Waals surface area contributed by atoms with Crippen LogP contribution in [0.4, 0.5) is 0 Å². The average molecular weight is 411 g/mol. The molecule has 4 nitrogen and oxygen atoms in total. The van der Waals surface area contributed by atoms with E-state index in [1.165, 1.54) is 5.56 Å². The fraction of sp³-hybridized carbons (Fsp3) is 0.333. The molecule has 0 amide bonds. The summed E-state index contributed by atoms with van der Waals surface area (Å²) in [7, 11) is -3.62. The second-order valence-corrected chi connectivity index (χ2v) is 9.81. The number of hydrogen-bond donors (Lipinski definition) is 0. The van der Waals surface area contributed by atoms with Crippen LogP contribution < -0.4 is 0 Å². The number of hydrogen-bond acceptors (Lipinski definition) is 2. The molecule has 2 aromatic carbocycles. The van der Waals surface area contributed by atoms with Gasteiger partial charge in [0.05, 0.1) is 11.4 Å². The van der Waals surface area contributed by atoms with Crippen molar-refractivity contribution in [1.29, 1.82) is 0 Å². The van der Waals surface area contributed by atoms with Gasteiger partial charge in [-0.05, 0) is 63.4 Å². The summed E-state index contributed by atoms with van der Waals surface area (Å²) in [6, 6.07) is 17.9. The van der Waals surface area contributed by atoms with Gasteiger partial charge < -0.3 is 4.57 Å². The van der Waals surface area contributed by atoms with Crippen LogP contribution in [0.15, 0.2) is 65.7 Å². The Kier molecular flexibility index (Phi) is 6.30. The number of nitrogens with zero attached hydrogens (tertiary/aromatic N) is 2. The second kappa shape index (κ2) is 8.56. The molecule has 0 aliphatic heterocycles. The summed E-state index contributed by atoms with van der Waals surface area (Å²) < 4.78 is 31.0. The van der Waals surface area contributed by atoms with Gasteiger partial charge in [0.15, 0.2) is 0 Å². The van der Waals surface area contributed by atoms with E-state index in [-0.39, 0.29) is 6.04 Å². The van der Waals surface area contributed by atoms with Crippen molar-refractivity contribution in [3.05, 3.63) is 88.7 Å². The van der Waals surface area contributed by atoms with E-state index in [1.807, 2.05) is 83.3 Å². The summed E-state index contributed by atoms with van der Waals surface area (Å²) in [5.74, 6) is 0. The van der Waals surface area contributed by atoms with E-state index >= 15 is 0 Å². The molecule has 3 aromatic rings. The molecule has 0 spiro atoms. The van der Waals surface area contributed by atoms with Crippen LogP contribution in [-0.2, 0) is 23.1 Å². The van der Waals surface area contributed by atoms with Gasteiger partial charge in [-0.25, -0.2) is 8.42 Å². The van der Waals surface area contributed by atoms with E-state index in [9.17, 15) is 8.42 Å². The molecule has 0 saturated heterocycles. The number of sulfonamides is 1. The standard InChI is InChI=1S/C24H30N2O2S/c1-18(2)26(29(27,28)24-20(4)14-19(3)15-21(24)5)17-23-12-9-13-25(23)16-22-10-7-6-8-11-22/h6-15,18H,16-17H2,1-5H3. The van der Waals surface area contributed by atoms with Crippen molar-refractivity contribution in [3.63, 3.8) is 0 Å². The number of rotatable bonds is 7. The highest BCUT2D eigenvalue weighted by Crippen LogP contribution is 2.28. The maximum absolute atomic E-state index is 13.6. The van der Waals surface area contributed by atoms with Crippen LogP contribution in [0.3, 0.4) is 0 Å². The lowest BCUT2D eigenvalue weighted by Gasteiger charge is -2.28. The second-order valence-electron chi connectivity index (χ2n) is 7.98. The third kappa shape index (κ3) is 4.62. The first kappa shape index (κ1) is 21.3. The normalized spacial score (nSPS) is 12.1. The number of benzene rings is 2. The maximum atomic E-state index is 13.6. The molecule has 154 valence electrons. The molecule has 0 aliphatic rings. The van der Waals surface area contributed by atoms with Gasteiger partial charge in [-0.1, -0.05) is 48.0 Å². The summed E-state index contributed by atoms with van der Waals surface area (Å²) in [6.45, 7) is 10.7. The van der Waals surface area contributed by atoms with E-state index in [0.717, 1.165) is 28.9 Å². The third-order valence-electron chi connectivity index (χ3n) is 5.18. The van der Waals surface area contributed by atoms with E-state index in [1.54, 1.807) is 4.31 Å². The molecule has 0 radical (unpaired) electrons. The molecule has 0 fully saturated rings. The first-order valence-electron chi connectivity index (χ1n) is 9.98. The van der Waals surface area contributed by atoms with Gasteiger partial charge in [-0.3, -0.25) is 0 Å². The fourth-order valence-corrected chi connectivity index (χ4v) is 5.95. The number of aromatic nitrogens is 1. The number of aryl methyl sites for hydroxylation is 3. The molecule has 0 bridgehead atoms. The molecule has 0 atom stereocenters. The molecule has 0 aliphatic carbocycles. The third-order valence-corrected chi connectivity index (χ3v) is 7.51. The molecular weight excluding hydrogens is 380 g/mol. The average Bonchev–Trinajstić information content (AvgIpc) is 3.05. The van der Waals surface area contributed by atoms with Crippen LogP contribution in [0, 0.1) is 20.8 Å². The Morgan fingerprint density at radius 3 is 2.14 bits per heavy atom. The van der Waals surface area contributed by atoms with Gasteiger partial charge in [-0.2, -0.15) is 4.31 Å². The van der Waals surface area contributed by atoms with E-state index in [4.69, 9.17) is 0 Å². The van der Waals surface area contributed by atoms with Crippen molar-refractivity contribution >= 4 is 10.0 Å². The zero-order valence-corrected chi connectivity index (χ0v) is 18.7. The Morgan fingerprint density at radius 2 is 1.55 bits per heavy atom. The highest BCUT2D eigenvalue weighted by Gasteiger charge is 2.30. The molecule has 0 N–H and O–H groups in total. The van der Waals surface area contributed by atoms with Crippen LogP contribution in [0.25, 0.3) is 0 Å². The SMILES string of the molecule is Cc1cc(C)c(S(=O)(=O)N(Cc2cccn2Cc2ccccc2)C(C)C)c(C)c1. The van der Waals surface area contributed by atoms with Crippen LogP contribution >= 0.6 is 0 Å². The summed E-state index contributed by atoms with van der Waals surface area (Å²) in [4.78, 5) is 0.429. The Hall–Kier alpha value is -2.37. The molecule has 29 heavy (non-hydrogen) atoms. The predicted octanol–water partition coefficient (Wildman–Crippen LogP) is 5.06. The molecular formula is C24H30N2O2S. The van der Waals surface area contributed by atoms with Gasteiger partial charge in [0.2, 0.25) is 10.0 Å². The van der Waals surface area contributed by atoms with Crippen molar-refractivity contribution in [2.24, 2.45) is 0 Å². The topological polar surface area (TPSA) is 42.3 Å². The van der Waals surface area contributed by atoms with Gasteiger partial charge in [0.25, 0.3) is 0 Å².